The Kier molecular flexibility index (Phi) is 3.14. The predicted molar refractivity (Wildman–Crippen MR) is 57.9 cm³/mol. The van der Waals surface area contributed by atoms with E-state index < -0.39 is 0 Å². The molecule has 76 valence electrons. The quantitative estimate of drug-likeness (QED) is 0.776. The fourth-order valence-corrected chi connectivity index (χ4v) is 2.24. The number of nitrogens with two attached hydrogens (primary N) is 1. The topological polar surface area (TPSA) is 38.9 Å². The second-order valence-corrected chi connectivity index (χ2v) is 4.34. The maximum atomic E-state index is 5.88. The van der Waals surface area contributed by atoms with Gasteiger partial charge in [-0.2, -0.15) is 0 Å². The van der Waals surface area contributed by atoms with Gasteiger partial charge < -0.3 is 5.73 Å². The number of rotatable bonds is 2. The van der Waals surface area contributed by atoms with Crippen molar-refractivity contribution in [3.63, 3.8) is 0 Å². The van der Waals surface area contributed by atoms with Gasteiger partial charge in [-0.05, 0) is 55.7 Å². The monoisotopic (exact) mass is 190 g/mol. The molecule has 2 heteroatoms. The van der Waals surface area contributed by atoms with Crippen molar-refractivity contribution in [1.29, 1.82) is 0 Å². The SMILES string of the molecule is NC1CCC(Cc2ccncc2)CC1. The highest BCUT2D eigenvalue weighted by atomic mass is 14.6. The van der Waals surface area contributed by atoms with Gasteiger partial charge in [-0.3, -0.25) is 4.98 Å². The van der Waals surface area contributed by atoms with Gasteiger partial charge in [0.2, 0.25) is 0 Å². The van der Waals surface area contributed by atoms with Gasteiger partial charge in [-0.15, -0.1) is 0 Å². The zero-order chi connectivity index (χ0) is 9.80. The highest BCUT2D eigenvalue weighted by molar-refractivity contribution is 5.10. The van der Waals surface area contributed by atoms with Crippen LogP contribution in [0, 0.1) is 5.92 Å². The van der Waals surface area contributed by atoms with Gasteiger partial charge >= 0.3 is 0 Å². The summed E-state index contributed by atoms with van der Waals surface area (Å²) < 4.78 is 0. The first-order valence-corrected chi connectivity index (χ1v) is 5.49. The molecular formula is C12H18N2. The average Bonchev–Trinajstić information content (AvgIpc) is 2.23. The molecule has 0 atom stereocenters. The van der Waals surface area contributed by atoms with E-state index in [1.165, 1.54) is 37.7 Å². The minimum atomic E-state index is 0.462. The molecule has 0 radical (unpaired) electrons. The lowest BCUT2D eigenvalue weighted by atomic mass is 9.83. The van der Waals surface area contributed by atoms with Gasteiger partial charge in [0.15, 0.2) is 0 Å². The molecule has 0 aromatic carbocycles. The first-order chi connectivity index (χ1) is 6.84. The lowest BCUT2D eigenvalue weighted by Crippen LogP contribution is -2.27. The van der Waals surface area contributed by atoms with Crippen LogP contribution in [0.5, 0.6) is 0 Å². The van der Waals surface area contributed by atoms with Crippen molar-refractivity contribution in [2.24, 2.45) is 11.7 Å². The van der Waals surface area contributed by atoms with Crippen LogP contribution in [-0.2, 0) is 6.42 Å². The molecule has 0 aliphatic heterocycles. The average molecular weight is 190 g/mol. The number of hydrogen-bond acceptors (Lipinski definition) is 2. The van der Waals surface area contributed by atoms with E-state index in [4.69, 9.17) is 5.73 Å². The van der Waals surface area contributed by atoms with Crippen molar-refractivity contribution in [2.45, 2.75) is 38.1 Å². The third-order valence-electron chi connectivity index (χ3n) is 3.17. The zero-order valence-corrected chi connectivity index (χ0v) is 8.52. The summed E-state index contributed by atoms with van der Waals surface area (Å²) in [7, 11) is 0. The van der Waals surface area contributed by atoms with E-state index in [1.54, 1.807) is 0 Å². The summed E-state index contributed by atoms with van der Waals surface area (Å²) in [5, 5.41) is 0. The molecule has 2 rings (SSSR count). The standard InChI is InChI=1S/C12H18N2/c13-12-3-1-10(2-4-12)9-11-5-7-14-8-6-11/h5-8,10,12H,1-4,9,13H2. The van der Waals surface area contributed by atoms with Crippen LogP contribution >= 0.6 is 0 Å². The van der Waals surface area contributed by atoms with Gasteiger partial charge in [0.1, 0.15) is 0 Å². The Morgan fingerprint density at radius 1 is 1.14 bits per heavy atom. The van der Waals surface area contributed by atoms with Crippen LogP contribution in [0.25, 0.3) is 0 Å². The minimum absolute atomic E-state index is 0.462. The first kappa shape index (κ1) is 9.66. The Labute approximate surface area is 85.5 Å². The Morgan fingerprint density at radius 3 is 2.43 bits per heavy atom. The van der Waals surface area contributed by atoms with Gasteiger partial charge in [0.25, 0.3) is 0 Å². The maximum Gasteiger partial charge on any atom is 0.0270 e. The normalized spacial score (nSPS) is 27.5. The molecular weight excluding hydrogens is 172 g/mol. The summed E-state index contributed by atoms with van der Waals surface area (Å²) in [5.41, 5.74) is 7.30. The van der Waals surface area contributed by atoms with Crippen molar-refractivity contribution >= 4 is 0 Å². The Balaban J connectivity index is 1.87. The van der Waals surface area contributed by atoms with E-state index in [0.717, 1.165) is 5.92 Å². The third kappa shape index (κ3) is 2.55. The van der Waals surface area contributed by atoms with Crippen LogP contribution in [0.4, 0.5) is 0 Å². The van der Waals surface area contributed by atoms with Gasteiger partial charge in [0, 0.05) is 18.4 Å². The molecule has 0 bridgehead atoms. The Bertz CT molecular complexity index is 263. The zero-order valence-electron chi connectivity index (χ0n) is 8.52. The molecule has 1 aliphatic carbocycles. The summed E-state index contributed by atoms with van der Waals surface area (Å²) in [6.07, 6.45) is 9.96. The molecule has 1 heterocycles. The van der Waals surface area contributed by atoms with Crippen molar-refractivity contribution in [3.8, 4) is 0 Å². The molecule has 0 saturated heterocycles. The highest BCUT2D eigenvalue weighted by Crippen LogP contribution is 2.26. The molecule has 2 nitrogen and oxygen atoms in total. The van der Waals surface area contributed by atoms with Gasteiger partial charge in [-0.25, -0.2) is 0 Å². The first-order valence-electron chi connectivity index (χ1n) is 5.49. The molecule has 1 fully saturated rings. The second kappa shape index (κ2) is 4.56. The van der Waals surface area contributed by atoms with E-state index >= 15 is 0 Å². The summed E-state index contributed by atoms with van der Waals surface area (Å²) in [6.45, 7) is 0. The predicted octanol–water partition coefficient (Wildman–Crippen LogP) is 2.14. The lowest BCUT2D eigenvalue weighted by molar-refractivity contribution is 0.325. The molecule has 0 amide bonds. The number of aromatic nitrogens is 1. The van der Waals surface area contributed by atoms with Crippen LogP contribution < -0.4 is 5.73 Å². The summed E-state index contributed by atoms with van der Waals surface area (Å²) in [6, 6.07) is 4.70. The minimum Gasteiger partial charge on any atom is -0.328 e. The Morgan fingerprint density at radius 2 is 1.79 bits per heavy atom. The molecule has 1 aromatic rings. The second-order valence-electron chi connectivity index (χ2n) is 4.34. The molecule has 1 saturated carbocycles. The highest BCUT2D eigenvalue weighted by Gasteiger charge is 2.18. The largest absolute Gasteiger partial charge is 0.328 e. The van der Waals surface area contributed by atoms with E-state index in [2.05, 4.69) is 17.1 Å². The maximum absolute atomic E-state index is 5.88. The van der Waals surface area contributed by atoms with E-state index in [1.807, 2.05) is 12.4 Å². The fourth-order valence-electron chi connectivity index (χ4n) is 2.24. The summed E-state index contributed by atoms with van der Waals surface area (Å²) in [4.78, 5) is 4.03. The van der Waals surface area contributed by atoms with Crippen LogP contribution in [0.1, 0.15) is 31.2 Å². The van der Waals surface area contributed by atoms with E-state index in [-0.39, 0.29) is 0 Å². The van der Waals surface area contributed by atoms with Crippen LogP contribution in [-0.4, -0.2) is 11.0 Å². The van der Waals surface area contributed by atoms with E-state index in [9.17, 15) is 0 Å². The lowest BCUT2D eigenvalue weighted by Gasteiger charge is -2.25. The van der Waals surface area contributed by atoms with Crippen molar-refractivity contribution in [2.75, 3.05) is 0 Å². The molecule has 1 aliphatic rings. The summed E-state index contributed by atoms with van der Waals surface area (Å²) >= 11 is 0. The van der Waals surface area contributed by atoms with Gasteiger partial charge in [-0.1, -0.05) is 0 Å². The molecule has 2 N–H and O–H groups in total. The van der Waals surface area contributed by atoms with Crippen LogP contribution in [0.3, 0.4) is 0 Å². The van der Waals surface area contributed by atoms with Crippen molar-refractivity contribution in [1.82, 2.24) is 4.98 Å². The molecule has 14 heavy (non-hydrogen) atoms. The molecule has 0 unspecified atom stereocenters. The van der Waals surface area contributed by atoms with Crippen molar-refractivity contribution < 1.29 is 0 Å². The summed E-state index contributed by atoms with van der Waals surface area (Å²) in [5.74, 6) is 0.845. The van der Waals surface area contributed by atoms with Crippen molar-refractivity contribution in [3.05, 3.63) is 30.1 Å². The Hall–Kier alpha value is -0.890. The number of nitrogens with zero attached hydrogens (tertiary/aromatic N) is 1. The van der Waals surface area contributed by atoms with Crippen LogP contribution in [0.15, 0.2) is 24.5 Å². The number of hydrogen-bond donors (Lipinski definition) is 1. The smallest absolute Gasteiger partial charge is 0.0270 e. The molecule has 0 spiro atoms. The van der Waals surface area contributed by atoms with Crippen LogP contribution in [0.2, 0.25) is 0 Å². The van der Waals surface area contributed by atoms with E-state index in [0.29, 0.717) is 6.04 Å². The molecule has 1 aromatic heterocycles. The number of pyridine rings is 1. The third-order valence-corrected chi connectivity index (χ3v) is 3.17. The van der Waals surface area contributed by atoms with Gasteiger partial charge in [0.05, 0.1) is 0 Å². The fraction of sp³-hybridized carbons (Fsp3) is 0.583.